The van der Waals surface area contributed by atoms with Gasteiger partial charge in [0.1, 0.15) is 5.82 Å². The van der Waals surface area contributed by atoms with Gasteiger partial charge >= 0.3 is 5.97 Å². The molecule has 0 radical (unpaired) electrons. The number of hydrogen-bond donors (Lipinski definition) is 0. The maximum Gasteiger partial charge on any atom is 0.376 e. The number of hydrogen-bond acceptors (Lipinski definition) is 5. The first-order chi connectivity index (χ1) is 9.13. The predicted octanol–water partition coefficient (Wildman–Crippen LogP) is 1.22. The number of aromatic nitrogens is 5. The zero-order chi connectivity index (χ0) is 13.8. The molecular weight excluding hydrogens is 246 g/mol. The van der Waals surface area contributed by atoms with Crippen LogP contribution in [0.15, 0.2) is 18.7 Å². The summed E-state index contributed by atoms with van der Waals surface area (Å²) in [5.74, 6) is 0.489. The van der Waals surface area contributed by atoms with Gasteiger partial charge in [0.15, 0.2) is 0 Å². The zero-order valence-electron chi connectivity index (χ0n) is 11.3. The molecule has 102 valence electrons. The highest BCUT2D eigenvalue weighted by molar-refractivity contribution is 5.85. The van der Waals surface area contributed by atoms with Gasteiger partial charge in [0, 0.05) is 18.9 Å². The summed E-state index contributed by atoms with van der Waals surface area (Å²) in [4.78, 5) is 15.8. The van der Waals surface area contributed by atoms with Gasteiger partial charge in [0.05, 0.1) is 19.0 Å². The summed E-state index contributed by atoms with van der Waals surface area (Å²) in [5, 5.41) is 7.86. The van der Waals surface area contributed by atoms with Crippen LogP contribution >= 0.6 is 0 Å². The fraction of sp³-hybridized carbons (Fsp3) is 0.500. The van der Waals surface area contributed by atoms with Gasteiger partial charge in [0.25, 0.3) is 0 Å². The van der Waals surface area contributed by atoms with Crippen molar-refractivity contribution in [3.8, 4) is 0 Å². The molecule has 0 N–H and O–H groups in total. The molecule has 0 saturated carbocycles. The average molecular weight is 263 g/mol. The van der Waals surface area contributed by atoms with Gasteiger partial charge in [0.2, 0.25) is 5.82 Å². The Hall–Kier alpha value is -2.18. The van der Waals surface area contributed by atoms with E-state index in [0.717, 1.165) is 0 Å². The third-order valence-corrected chi connectivity index (χ3v) is 2.80. The molecule has 0 saturated heterocycles. The lowest BCUT2D eigenvalue weighted by Crippen LogP contribution is -2.20. The summed E-state index contributed by atoms with van der Waals surface area (Å²) in [6, 6.07) is 0.0311. The fourth-order valence-corrected chi connectivity index (χ4v) is 2.01. The average Bonchev–Trinajstić information content (AvgIpc) is 2.98. The topological polar surface area (TPSA) is 74.8 Å². The van der Waals surface area contributed by atoms with Crippen molar-refractivity contribution in [1.29, 1.82) is 0 Å². The molecular formula is C12H17N5O2. The Morgan fingerprint density at radius 1 is 1.47 bits per heavy atom. The number of carbonyl (C=O) groups excluding carboxylic acids is 1. The first-order valence-electron chi connectivity index (χ1n) is 6.17. The molecule has 2 rings (SSSR count). The quantitative estimate of drug-likeness (QED) is 0.758. The summed E-state index contributed by atoms with van der Waals surface area (Å²) in [6.07, 6.45) is 5.33. The molecule has 2 aromatic heterocycles. The predicted molar refractivity (Wildman–Crippen MR) is 67.7 cm³/mol. The summed E-state index contributed by atoms with van der Waals surface area (Å²) >= 11 is 0. The highest BCUT2D eigenvalue weighted by atomic mass is 16.5. The van der Waals surface area contributed by atoms with Crippen molar-refractivity contribution in [1.82, 2.24) is 24.3 Å². The Morgan fingerprint density at radius 2 is 2.26 bits per heavy atom. The first kappa shape index (κ1) is 13.3. The molecule has 0 aliphatic heterocycles. The number of carbonyl (C=O) groups is 1. The molecule has 1 unspecified atom stereocenters. The van der Waals surface area contributed by atoms with Gasteiger partial charge < -0.3 is 13.9 Å². The van der Waals surface area contributed by atoms with Crippen molar-refractivity contribution in [2.75, 3.05) is 6.61 Å². The first-order valence-corrected chi connectivity index (χ1v) is 6.17. The van der Waals surface area contributed by atoms with E-state index >= 15 is 0 Å². The van der Waals surface area contributed by atoms with Gasteiger partial charge in [-0.3, -0.25) is 0 Å². The van der Waals surface area contributed by atoms with Crippen LogP contribution in [0.5, 0.6) is 0 Å². The van der Waals surface area contributed by atoms with Crippen LogP contribution in [0.3, 0.4) is 0 Å². The van der Waals surface area contributed by atoms with E-state index in [0.29, 0.717) is 19.0 Å². The maximum absolute atomic E-state index is 11.8. The highest BCUT2D eigenvalue weighted by Gasteiger charge is 2.21. The third-order valence-electron chi connectivity index (χ3n) is 2.80. The lowest BCUT2D eigenvalue weighted by atomic mass is 10.3. The van der Waals surface area contributed by atoms with Crippen molar-refractivity contribution in [2.24, 2.45) is 0 Å². The summed E-state index contributed by atoms with van der Waals surface area (Å²) in [6.45, 7) is 6.59. The van der Waals surface area contributed by atoms with Crippen LogP contribution in [-0.4, -0.2) is 36.9 Å². The summed E-state index contributed by atoms with van der Waals surface area (Å²) < 4.78 is 8.72. The molecule has 0 amide bonds. The second-order valence-electron chi connectivity index (χ2n) is 4.27. The number of rotatable bonds is 5. The molecule has 7 nitrogen and oxygen atoms in total. The Bertz CT molecular complexity index is 546. The van der Waals surface area contributed by atoms with Crippen LogP contribution < -0.4 is 0 Å². The van der Waals surface area contributed by atoms with E-state index in [2.05, 4.69) is 15.2 Å². The van der Waals surface area contributed by atoms with Crippen LogP contribution in [0, 0.1) is 6.92 Å². The number of esters is 1. The normalized spacial score (nSPS) is 12.4. The molecule has 0 spiro atoms. The van der Waals surface area contributed by atoms with E-state index in [1.165, 1.54) is 0 Å². The molecule has 2 aromatic rings. The van der Waals surface area contributed by atoms with Crippen LogP contribution in [0.1, 0.15) is 36.3 Å². The minimum Gasteiger partial charge on any atom is -0.460 e. The smallest absolute Gasteiger partial charge is 0.376 e. The van der Waals surface area contributed by atoms with E-state index < -0.39 is 5.97 Å². The van der Waals surface area contributed by atoms with Crippen molar-refractivity contribution in [2.45, 2.75) is 33.4 Å². The molecule has 19 heavy (non-hydrogen) atoms. The molecule has 2 heterocycles. The molecule has 0 fully saturated rings. The molecule has 1 atom stereocenters. The summed E-state index contributed by atoms with van der Waals surface area (Å²) in [7, 11) is 0. The van der Waals surface area contributed by atoms with Gasteiger partial charge in [-0.15, -0.1) is 10.2 Å². The Labute approximate surface area is 111 Å². The molecule has 7 heteroatoms. The zero-order valence-corrected chi connectivity index (χ0v) is 11.3. The van der Waals surface area contributed by atoms with Crippen molar-refractivity contribution in [3.05, 3.63) is 30.4 Å². The van der Waals surface area contributed by atoms with Crippen LogP contribution in [0.2, 0.25) is 0 Å². The highest BCUT2D eigenvalue weighted by Crippen LogP contribution is 2.14. The number of ether oxygens (including phenoxy) is 1. The Balaban J connectivity index is 2.23. The van der Waals surface area contributed by atoms with Crippen molar-refractivity contribution < 1.29 is 9.53 Å². The fourth-order valence-electron chi connectivity index (χ4n) is 2.01. The molecule has 0 aromatic carbocycles. The molecule has 0 aliphatic rings. The minimum atomic E-state index is -0.444. The maximum atomic E-state index is 11.8. The van der Waals surface area contributed by atoms with E-state index in [1.54, 1.807) is 24.0 Å². The van der Waals surface area contributed by atoms with Gasteiger partial charge in [-0.25, -0.2) is 9.78 Å². The van der Waals surface area contributed by atoms with E-state index in [9.17, 15) is 4.79 Å². The van der Waals surface area contributed by atoms with E-state index in [4.69, 9.17) is 4.74 Å². The van der Waals surface area contributed by atoms with Crippen LogP contribution in [0.25, 0.3) is 0 Å². The van der Waals surface area contributed by atoms with Crippen molar-refractivity contribution in [3.63, 3.8) is 0 Å². The van der Waals surface area contributed by atoms with Gasteiger partial charge in [-0.2, -0.15) is 0 Å². The molecule has 0 aliphatic carbocycles. The van der Waals surface area contributed by atoms with Crippen LogP contribution in [-0.2, 0) is 11.3 Å². The molecule has 0 bridgehead atoms. The number of nitrogens with zero attached hydrogens (tertiary/aromatic N) is 5. The van der Waals surface area contributed by atoms with E-state index in [1.807, 2.05) is 24.6 Å². The SMILES string of the molecule is CCOC(=O)c1nnc(C)n1C(C)Cn1ccnc1. The monoisotopic (exact) mass is 263 g/mol. The standard InChI is InChI=1S/C12H17N5O2/c1-4-19-12(18)11-15-14-10(3)17(11)9(2)7-16-6-5-13-8-16/h5-6,8-9H,4,7H2,1-3H3. The second kappa shape index (κ2) is 5.64. The van der Waals surface area contributed by atoms with E-state index in [-0.39, 0.29) is 11.9 Å². The van der Waals surface area contributed by atoms with Crippen LogP contribution in [0.4, 0.5) is 0 Å². The Kier molecular flexibility index (Phi) is 3.94. The number of imidazole rings is 1. The summed E-state index contributed by atoms with van der Waals surface area (Å²) in [5.41, 5.74) is 0. The largest absolute Gasteiger partial charge is 0.460 e. The lowest BCUT2D eigenvalue weighted by molar-refractivity contribution is 0.0502. The number of aryl methyl sites for hydroxylation is 1. The van der Waals surface area contributed by atoms with Gasteiger partial charge in [-0.05, 0) is 20.8 Å². The second-order valence-corrected chi connectivity index (χ2v) is 4.27. The lowest BCUT2D eigenvalue weighted by Gasteiger charge is -2.16. The van der Waals surface area contributed by atoms with Gasteiger partial charge in [-0.1, -0.05) is 0 Å². The minimum absolute atomic E-state index is 0.0311. The van der Waals surface area contributed by atoms with Crippen molar-refractivity contribution >= 4 is 5.97 Å². The third kappa shape index (κ3) is 2.81. The Morgan fingerprint density at radius 3 is 2.89 bits per heavy atom.